The first-order valence-electron chi connectivity index (χ1n) is 6.73. The Bertz CT molecular complexity index is 897. The molecule has 0 heterocycles. The summed E-state index contributed by atoms with van der Waals surface area (Å²) in [5.74, 6) is -3.19. The quantitative estimate of drug-likeness (QED) is 0.507. The average Bonchev–Trinajstić information content (AvgIpc) is 2.50. The van der Waals surface area contributed by atoms with E-state index in [4.69, 9.17) is 0 Å². The highest BCUT2D eigenvalue weighted by atomic mass is 19.2. The lowest BCUT2D eigenvalue weighted by Crippen LogP contribution is -1.94. The van der Waals surface area contributed by atoms with Crippen LogP contribution in [0.1, 0.15) is 11.1 Å². The molecular weight excluding hydrogens is 292 g/mol. The number of aryl methyl sites for hydroxylation is 1. The average molecular weight is 304 g/mol. The molecule has 0 unspecified atom stereocenters. The van der Waals surface area contributed by atoms with Crippen LogP contribution >= 0.6 is 0 Å². The molecule has 0 aliphatic carbocycles. The van der Waals surface area contributed by atoms with Crippen LogP contribution in [-0.4, -0.2) is 0 Å². The molecule has 0 radical (unpaired) electrons. The molecule has 0 bridgehead atoms. The molecule has 4 heteroatoms. The molecule has 112 valence electrons. The Morgan fingerprint density at radius 2 is 1.45 bits per heavy atom. The summed E-state index contributed by atoms with van der Waals surface area (Å²) in [6.45, 7) is 2.82. The monoisotopic (exact) mass is 304 g/mol. The van der Waals surface area contributed by atoms with E-state index in [0.29, 0.717) is 10.9 Å². The minimum atomic E-state index is -0.965. The van der Waals surface area contributed by atoms with Crippen LogP contribution in [0.4, 0.5) is 17.6 Å². The second kappa shape index (κ2) is 5.13. The van der Waals surface area contributed by atoms with Crippen LogP contribution in [-0.2, 0) is 0 Å². The van der Waals surface area contributed by atoms with Crippen LogP contribution in [0.3, 0.4) is 0 Å². The maximum absolute atomic E-state index is 14.0. The van der Waals surface area contributed by atoms with E-state index in [1.54, 1.807) is 0 Å². The molecule has 0 aliphatic rings. The van der Waals surface area contributed by atoms with Gasteiger partial charge in [0.15, 0.2) is 11.6 Å². The van der Waals surface area contributed by atoms with Gasteiger partial charge >= 0.3 is 0 Å². The maximum atomic E-state index is 14.0. The Labute approximate surface area is 125 Å². The zero-order valence-corrected chi connectivity index (χ0v) is 12.0. The van der Waals surface area contributed by atoms with Gasteiger partial charge in [0.25, 0.3) is 0 Å². The smallest absolute Gasteiger partial charge is 0.166 e. The van der Waals surface area contributed by atoms with Crippen LogP contribution in [0.2, 0.25) is 0 Å². The summed E-state index contributed by atoms with van der Waals surface area (Å²) < 4.78 is 55.4. The predicted octanol–water partition coefficient (Wildman–Crippen LogP) is 5.68. The summed E-state index contributed by atoms with van der Waals surface area (Å²) >= 11 is 0. The van der Waals surface area contributed by atoms with Crippen molar-refractivity contribution in [2.24, 2.45) is 0 Å². The molecule has 0 aliphatic heterocycles. The van der Waals surface area contributed by atoms with Gasteiger partial charge in [0.1, 0.15) is 11.6 Å². The van der Waals surface area contributed by atoms with Crippen molar-refractivity contribution in [3.05, 3.63) is 70.8 Å². The molecule has 0 aromatic heterocycles. The van der Waals surface area contributed by atoms with Gasteiger partial charge in [-0.05, 0) is 42.5 Å². The predicted molar refractivity (Wildman–Crippen MR) is 78.7 cm³/mol. The van der Waals surface area contributed by atoms with E-state index in [-0.39, 0.29) is 22.1 Å². The SMILES string of the molecule is Cc1ccc(-c2ccc3c(F)c(C)c(F)cc3c2)c(F)c1F. The van der Waals surface area contributed by atoms with Gasteiger partial charge in [-0.15, -0.1) is 0 Å². The number of halogens is 4. The first-order valence-corrected chi connectivity index (χ1v) is 6.73. The largest absolute Gasteiger partial charge is 0.207 e. The fraction of sp³-hybridized carbons (Fsp3) is 0.111. The van der Waals surface area contributed by atoms with Gasteiger partial charge < -0.3 is 0 Å². The maximum Gasteiger partial charge on any atom is 0.166 e. The van der Waals surface area contributed by atoms with Gasteiger partial charge in [0.2, 0.25) is 0 Å². The minimum absolute atomic E-state index is 0.0615. The van der Waals surface area contributed by atoms with Gasteiger partial charge in [-0.1, -0.05) is 24.3 Å². The molecule has 0 saturated carbocycles. The second-order valence-corrected chi connectivity index (χ2v) is 5.29. The number of hydrogen-bond acceptors (Lipinski definition) is 0. The molecule has 0 atom stereocenters. The number of hydrogen-bond donors (Lipinski definition) is 0. The third kappa shape index (κ3) is 2.15. The molecule has 3 rings (SSSR count). The third-order valence-corrected chi connectivity index (χ3v) is 3.84. The van der Waals surface area contributed by atoms with E-state index < -0.39 is 23.3 Å². The Morgan fingerprint density at radius 1 is 0.727 bits per heavy atom. The summed E-state index contributed by atoms with van der Waals surface area (Å²) in [5, 5.41) is 0.550. The Balaban J connectivity index is 2.26. The topological polar surface area (TPSA) is 0 Å². The highest BCUT2D eigenvalue weighted by Crippen LogP contribution is 2.31. The number of fused-ring (bicyclic) bond motifs is 1. The van der Waals surface area contributed by atoms with Crippen molar-refractivity contribution in [1.29, 1.82) is 0 Å². The van der Waals surface area contributed by atoms with Crippen molar-refractivity contribution in [2.45, 2.75) is 13.8 Å². The lowest BCUT2D eigenvalue weighted by atomic mass is 9.98. The van der Waals surface area contributed by atoms with Gasteiger partial charge in [0, 0.05) is 16.5 Å². The van der Waals surface area contributed by atoms with Crippen LogP contribution < -0.4 is 0 Å². The normalized spacial score (nSPS) is 11.2. The molecule has 0 spiro atoms. The van der Waals surface area contributed by atoms with Crippen LogP contribution in [0.15, 0.2) is 36.4 Å². The summed E-state index contributed by atoms with van der Waals surface area (Å²) in [5.41, 5.74) is 0.570. The van der Waals surface area contributed by atoms with Crippen molar-refractivity contribution in [3.8, 4) is 11.1 Å². The molecule has 3 aromatic rings. The summed E-state index contributed by atoms with van der Waals surface area (Å²) in [6.07, 6.45) is 0. The summed E-state index contributed by atoms with van der Waals surface area (Å²) in [4.78, 5) is 0. The fourth-order valence-electron chi connectivity index (χ4n) is 2.47. The highest BCUT2D eigenvalue weighted by Gasteiger charge is 2.15. The Kier molecular flexibility index (Phi) is 3.39. The molecule has 0 nitrogen and oxygen atoms in total. The van der Waals surface area contributed by atoms with Crippen molar-refractivity contribution in [1.82, 2.24) is 0 Å². The van der Waals surface area contributed by atoms with Crippen LogP contribution in [0, 0.1) is 37.1 Å². The molecule has 3 aromatic carbocycles. The lowest BCUT2D eigenvalue weighted by Gasteiger charge is -2.09. The Hall–Kier alpha value is -2.36. The molecule has 22 heavy (non-hydrogen) atoms. The van der Waals surface area contributed by atoms with E-state index in [1.165, 1.54) is 50.2 Å². The minimum Gasteiger partial charge on any atom is -0.207 e. The van der Waals surface area contributed by atoms with Gasteiger partial charge in [-0.2, -0.15) is 0 Å². The summed E-state index contributed by atoms with van der Waals surface area (Å²) in [7, 11) is 0. The van der Waals surface area contributed by atoms with E-state index >= 15 is 0 Å². The van der Waals surface area contributed by atoms with E-state index in [1.807, 2.05) is 0 Å². The van der Waals surface area contributed by atoms with Crippen molar-refractivity contribution in [3.63, 3.8) is 0 Å². The third-order valence-electron chi connectivity index (χ3n) is 3.84. The number of benzene rings is 3. The van der Waals surface area contributed by atoms with E-state index in [0.717, 1.165) is 0 Å². The second-order valence-electron chi connectivity index (χ2n) is 5.29. The first kappa shape index (κ1) is 14.6. The van der Waals surface area contributed by atoms with Crippen molar-refractivity contribution in [2.75, 3.05) is 0 Å². The van der Waals surface area contributed by atoms with Crippen molar-refractivity contribution >= 4 is 10.8 Å². The zero-order chi connectivity index (χ0) is 16.0. The molecule has 0 fully saturated rings. The number of rotatable bonds is 1. The van der Waals surface area contributed by atoms with Gasteiger partial charge in [-0.25, -0.2) is 17.6 Å². The van der Waals surface area contributed by atoms with E-state index in [2.05, 4.69) is 0 Å². The molecule has 0 N–H and O–H groups in total. The zero-order valence-electron chi connectivity index (χ0n) is 12.0. The first-order chi connectivity index (χ1) is 10.4. The molecule has 0 amide bonds. The Morgan fingerprint density at radius 3 is 2.18 bits per heavy atom. The fourth-order valence-corrected chi connectivity index (χ4v) is 2.47. The standard InChI is InChI=1S/C18H12F4/c1-9-3-5-13(18(22)16(9)20)11-4-6-14-12(7-11)8-15(19)10(2)17(14)21/h3-8H,1-2H3. The van der Waals surface area contributed by atoms with Gasteiger partial charge in [-0.3, -0.25) is 0 Å². The summed E-state index contributed by atoms with van der Waals surface area (Å²) in [6, 6.07) is 8.51. The highest BCUT2D eigenvalue weighted by molar-refractivity contribution is 5.88. The van der Waals surface area contributed by atoms with E-state index in [9.17, 15) is 17.6 Å². The lowest BCUT2D eigenvalue weighted by molar-refractivity contribution is 0.505. The van der Waals surface area contributed by atoms with Crippen LogP contribution in [0.5, 0.6) is 0 Å². The molecule has 0 saturated heterocycles. The van der Waals surface area contributed by atoms with Crippen molar-refractivity contribution < 1.29 is 17.6 Å². The molecular formula is C18H12F4. The van der Waals surface area contributed by atoms with Gasteiger partial charge in [0.05, 0.1) is 0 Å². The van der Waals surface area contributed by atoms with Crippen LogP contribution in [0.25, 0.3) is 21.9 Å².